The van der Waals surface area contributed by atoms with Crippen LogP contribution in [0.25, 0.3) is 11.0 Å². The van der Waals surface area contributed by atoms with Gasteiger partial charge in [-0.3, -0.25) is 0 Å². The molecule has 4 aromatic rings. The van der Waals surface area contributed by atoms with Crippen molar-refractivity contribution >= 4 is 11.0 Å². The molecule has 3 heteroatoms. The second-order valence-electron chi connectivity index (χ2n) is 6.68. The van der Waals surface area contributed by atoms with E-state index in [0.717, 1.165) is 42.0 Å². The Morgan fingerprint density at radius 1 is 0.815 bits per heavy atom. The fourth-order valence-corrected chi connectivity index (χ4v) is 3.36. The molecule has 0 fully saturated rings. The summed E-state index contributed by atoms with van der Waals surface area (Å²) in [4.78, 5) is 4.86. The largest absolute Gasteiger partial charge is 0.492 e. The van der Waals surface area contributed by atoms with Gasteiger partial charge in [0.1, 0.15) is 18.2 Å². The average molecular weight is 356 g/mol. The highest BCUT2D eigenvalue weighted by atomic mass is 16.5. The van der Waals surface area contributed by atoms with Gasteiger partial charge in [-0.1, -0.05) is 61.5 Å². The van der Waals surface area contributed by atoms with Gasteiger partial charge < -0.3 is 9.30 Å². The molecule has 0 aliphatic carbocycles. The van der Waals surface area contributed by atoms with E-state index in [4.69, 9.17) is 9.72 Å². The van der Waals surface area contributed by atoms with Crippen LogP contribution in [-0.2, 0) is 19.4 Å². The molecule has 1 heterocycles. The van der Waals surface area contributed by atoms with Crippen molar-refractivity contribution in [2.75, 3.05) is 6.61 Å². The third-order valence-corrected chi connectivity index (χ3v) is 4.85. The summed E-state index contributed by atoms with van der Waals surface area (Å²) in [5.41, 5.74) is 4.79. The number of ether oxygens (including phenoxy) is 1. The second kappa shape index (κ2) is 8.09. The van der Waals surface area contributed by atoms with Crippen molar-refractivity contribution in [2.24, 2.45) is 0 Å². The van der Waals surface area contributed by atoms with Crippen molar-refractivity contribution in [3.63, 3.8) is 0 Å². The van der Waals surface area contributed by atoms with Crippen molar-refractivity contribution in [2.45, 2.75) is 26.3 Å². The highest BCUT2D eigenvalue weighted by Gasteiger charge is 2.11. The maximum absolute atomic E-state index is 5.98. The number of aryl methyl sites for hydroxylation is 1. The van der Waals surface area contributed by atoms with E-state index in [1.165, 1.54) is 11.1 Å². The van der Waals surface area contributed by atoms with Crippen LogP contribution in [0.3, 0.4) is 0 Å². The highest BCUT2D eigenvalue weighted by molar-refractivity contribution is 5.76. The van der Waals surface area contributed by atoms with Crippen molar-refractivity contribution in [3.05, 3.63) is 95.8 Å². The molecule has 3 aromatic carbocycles. The van der Waals surface area contributed by atoms with Crippen LogP contribution in [0.4, 0.5) is 0 Å². The minimum atomic E-state index is 0.619. The number of hydrogen-bond acceptors (Lipinski definition) is 2. The van der Waals surface area contributed by atoms with Crippen molar-refractivity contribution in [1.29, 1.82) is 0 Å². The van der Waals surface area contributed by atoms with Crippen LogP contribution in [0, 0.1) is 0 Å². The maximum Gasteiger partial charge on any atom is 0.119 e. The van der Waals surface area contributed by atoms with Gasteiger partial charge in [0.25, 0.3) is 0 Å². The Kier molecular flexibility index (Phi) is 5.20. The molecule has 0 aliphatic rings. The number of benzene rings is 3. The Labute approximate surface area is 160 Å². The normalized spacial score (nSPS) is 11.0. The minimum Gasteiger partial charge on any atom is -0.492 e. The molecule has 27 heavy (non-hydrogen) atoms. The highest BCUT2D eigenvalue weighted by Crippen LogP contribution is 2.19. The summed E-state index contributed by atoms with van der Waals surface area (Å²) in [6.45, 7) is 3.56. The topological polar surface area (TPSA) is 27.1 Å². The zero-order valence-electron chi connectivity index (χ0n) is 15.6. The van der Waals surface area contributed by atoms with Gasteiger partial charge >= 0.3 is 0 Å². The lowest BCUT2D eigenvalue weighted by atomic mass is 10.1. The number of para-hydroxylation sites is 2. The van der Waals surface area contributed by atoms with Gasteiger partial charge in [0.05, 0.1) is 17.6 Å². The van der Waals surface area contributed by atoms with E-state index in [0.29, 0.717) is 6.61 Å². The van der Waals surface area contributed by atoms with E-state index in [-0.39, 0.29) is 0 Å². The Bertz CT molecular complexity index is 1000. The molecule has 0 bridgehead atoms. The van der Waals surface area contributed by atoms with Crippen LogP contribution in [-0.4, -0.2) is 16.2 Å². The number of hydrogen-bond donors (Lipinski definition) is 0. The lowest BCUT2D eigenvalue weighted by Gasteiger charge is -2.11. The quantitative estimate of drug-likeness (QED) is 0.451. The van der Waals surface area contributed by atoms with Crippen LogP contribution < -0.4 is 4.74 Å². The van der Waals surface area contributed by atoms with Gasteiger partial charge in [0.15, 0.2) is 0 Å². The number of aromatic nitrogens is 2. The first kappa shape index (κ1) is 17.3. The standard InChI is InChI=1S/C24H24N2O/c1-2-19-12-14-21(15-13-19)27-17-16-26-23-11-7-6-10-22(23)25-24(26)18-20-8-4-3-5-9-20/h3-15H,2,16-18H2,1H3. The molecule has 0 aliphatic heterocycles. The Morgan fingerprint density at radius 3 is 2.33 bits per heavy atom. The van der Waals surface area contributed by atoms with Gasteiger partial charge in [-0.25, -0.2) is 4.98 Å². The second-order valence-corrected chi connectivity index (χ2v) is 6.68. The molecule has 0 saturated heterocycles. The lowest BCUT2D eigenvalue weighted by molar-refractivity contribution is 0.298. The minimum absolute atomic E-state index is 0.619. The zero-order valence-corrected chi connectivity index (χ0v) is 15.6. The van der Waals surface area contributed by atoms with Crippen molar-refractivity contribution in [3.8, 4) is 5.75 Å². The molecule has 0 saturated carbocycles. The average Bonchev–Trinajstić information content (AvgIpc) is 3.06. The van der Waals surface area contributed by atoms with Gasteiger partial charge in [-0.2, -0.15) is 0 Å². The molecule has 0 amide bonds. The number of imidazole rings is 1. The van der Waals surface area contributed by atoms with Gasteiger partial charge in [0.2, 0.25) is 0 Å². The van der Waals surface area contributed by atoms with E-state index in [9.17, 15) is 0 Å². The smallest absolute Gasteiger partial charge is 0.119 e. The fourth-order valence-electron chi connectivity index (χ4n) is 3.36. The summed E-state index contributed by atoms with van der Waals surface area (Å²) >= 11 is 0. The van der Waals surface area contributed by atoms with Crippen LogP contribution >= 0.6 is 0 Å². The van der Waals surface area contributed by atoms with Crippen LogP contribution in [0.2, 0.25) is 0 Å². The molecule has 4 rings (SSSR count). The van der Waals surface area contributed by atoms with E-state index in [1.54, 1.807) is 0 Å². The predicted molar refractivity (Wildman–Crippen MR) is 110 cm³/mol. The van der Waals surface area contributed by atoms with Gasteiger partial charge in [-0.15, -0.1) is 0 Å². The molecule has 0 atom stereocenters. The van der Waals surface area contributed by atoms with E-state index < -0.39 is 0 Å². The lowest BCUT2D eigenvalue weighted by Crippen LogP contribution is -2.11. The molecular formula is C24H24N2O. The summed E-state index contributed by atoms with van der Waals surface area (Å²) in [6.07, 6.45) is 1.87. The van der Waals surface area contributed by atoms with Crippen LogP contribution in [0.5, 0.6) is 5.75 Å². The summed E-state index contributed by atoms with van der Waals surface area (Å²) in [7, 11) is 0. The summed E-state index contributed by atoms with van der Waals surface area (Å²) in [6, 6.07) is 27.2. The summed E-state index contributed by atoms with van der Waals surface area (Å²) in [5.74, 6) is 1.99. The Hall–Kier alpha value is -3.07. The maximum atomic E-state index is 5.98. The predicted octanol–water partition coefficient (Wildman–Crippen LogP) is 5.27. The van der Waals surface area contributed by atoms with Crippen molar-refractivity contribution in [1.82, 2.24) is 9.55 Å². The molecular weight excluding hydrogens is 332 g/mol. The molecule has 1 aromatic heterocycles. The molecule has 0 N–H and O–H groups in total. The van der Waals surface area contributed by atoms with Gasteiger partial charge in [0, 0.05) is 6.42 Å². The Morgan fingerprint density at radius 2 is 1.56 bits per heavy atom. The van der Waals surface area contributed by atoms with E-state index in [1.807, 2.05) is 12.1 Å². The van der Waals surface area contributed by atoms with E-state index in [2.05, 4.69) is 78.2 Å². The molecule has 0 spiro atoms. The Balaban J connectivity index is 1.53. The first-order valence-electron chi connectivity index (χ1n) is 9.53. The summed E-state index contributed by atoms with van der Waals surface area (Å²) < 4.78 is 8.26. The molecule has 136 valence electrons. The van der Waals surface area contributed by atoms with Gasteiger partial charge in [-0.05, 0) is 41.8 Å². The third-order valence-electron chi connectivity index (χ3n) is 4.85. The molecule has 0 unspecified atom stereocenters. The molecule has 3 nitrogen and oxygen atoms in total. The monoisotopic (exact) mass is 356 g/mol. The number of fused-ring (bicyclic) bond motifs is 1. The zero-order chi connectivity index (χ0) is 18.5. The first-order valence-corrected chi connectivity index (χ1v) is 9.53. The van der Waals surface area contributed by atoms with Crippen molar-refractivity contribution < 1.29 is 4.74 Å². The van der Waals surface area contributed by atoms with E-state index >= 15 is 0 Å². The molecule has 0 radical (unpaired) electrons. The number of rotatable bonds is 7. The van der Waals surface area contributed by atoms with Crippen LogP contribution in [0.1, 0.15) is 23.9 Å². The number of nitrogens with zero attached hydrogens (tertiary/aromatic N) is 2. The van der Waals surface area contributed by atoms with Crippen LogP contribution in [0.15, 0.2) is 78.9 Å². The fraction of sp³-hybridized carbons (Fsp3) is 0.208. The first-order chi connectivity index (χ1) is 13.3. The third kappa shape index (κ3) is 4.03. The SMILES string of the molecule is CCc1ccc(OCCn2c(Cc3ccccc3)nc3ccccc32)cc1. The summed E-state index contributed by atoms with van der Waals surface area (Å²) in [5, 5.41) is 0.